The van der Waals surface area contributed by atoms with Crippen molar-refractivity contribution in [2.75, 3.05) is 19.7 Å². The van der Waals surface area contributed by atoms with Gasteiger partial charge in [0.05, 0.1) is 17.1 Å². The Morgan fingerprint density at radius 3 is 2.50 bits per heavy atom. The Balaban J connectivity index is 2.29. The second-order valence-electron chi connectivity index (χ2n) is 7.61. The monoisotopic (exact) mass is 386 g/mol. The van der Waals surface area contributed by atoms with Gasteiger partial charge in [-0.05, 0) is 39.7 Å². The maximum atomic E-state index is 12.8. The minimum absolute atomic E-state index is 0.109. The molecule has 0 fully saturated rings. The zero-order chi connectivity index (χ0) is 21.0. The molecule has 0 aromatic carbocycles. The molecule has 28 heavy (non-hydrogen) atoms. The lowest BCUT2D eigenvalue weighted by Crippen LogP contribution is -2.35. The second kappa shape index (κ2) is 8.99. The molecule has 1 amide bonds. The molecule has 2 rings (SSSR count). The lowest BCUT2D eigenvalue weighted by Gasteiger charge is -2.20. The molecule has 2 aromatic rings. The number of ether oxygens (including phenoxy) is 1. The van der Waals surface area contributed by atoms with E-state index in [0.717, 1.165) is 11.3 Å². The smallest absolute Gasteiger partial charge is 0.339 e. The van der Waals surface area contributed by atoms with Gasteiger partial charge in [-0.25, -0.2) is 14.5 Å². The molecule has 0 radical (unpaired) electrons. The lowest BCUT2D eigenvalue weighted by atomic mass is 10.1. The normalized spacial score (nSPS) is 11.3. The largest absolute Gasteiger partial charge is 0.452 e. The molecule has 7 heteroatoms. The van der Waals surface area contributed by atoms with Gasteiger partial charge in [0.1, 0.15) is 0 Å². The summed E-state index contributed by atoms with van der Waals surface area (Å²) >= 11 is 0. The highest BCUT2D eigenvalue weighted by Crippen LogP contribution is 2.25. The summed E-state index contributed by atoms with van der Waals surface area (Å²) in [7, 11) is 0. The number of hydrogen-bond donors (Lipinski definition) is 0. The topological polar surface area (TPSA) is 77.3 Å². The van der Waals surface area contributed by atoms with Gasteiger partial charge in [0.15, 0.2) is 12.3 Å². The van der Waals surface area contributed by atoms with E-state index in [4.69, 9.17) is 4.74 Å². The summed E-state index contributed by atoms with van der Waals surface area (Å²) in [5.41, 5.74) is 2.69. The van der Waals surface area contributed by atoms with Gasteiger partial charge in [0.2, 0.25) is 0 Å². The first kappa shape index (κ1) is 21.6. The number of amides is 1. The standard InChI is InChI=1S/C21H30N4O3/c1-8-24(11-13(2)3)19(26)12-28-21(27)16-9-18(14(4)5)23-20-17(16)10-22-25(20)15(6)7/h9-10,14-15H,2,8,11-12H2,1,3-7H3. The summed E-state index contributed by atoms with van der Waals surface area (Å²) in [5, 5.41) is 5.00. The van der Waals surface area contributed by atoms with Crippen LogP contribution in [-0.4, -0.2) is 51.2 Å². The Kier molecular flexibility index (Phi) is 6.94. The second-order valence-corrected chi connectivity index (χ2v) is 7.61. The quantitative estimate of drug-likeness (QED) is 0.510. The highest BCUT2D eigenvalue weighted by Gasteiger charge is 2.21. The Morgan fingerprint density at radius 2 is 1.96 bits per heavy atom. The number of hydrogen-bond acceptors (Lipinski definition) is 5. The van der Waals surface area contributed by atoms with Crippen molar-refractivity contribution >= 4 is 22.9 Å². The van der Waals surface area contributed by atoms with Gasteiger partial charge in [-0.2, -0.15) is 5.10 Å². The van der Waals surface area contributed by atoms with Crippen LogP contribution in [0.25, 0.3) is 11.0 Å². The van der Waals surface area contributed by atoms with Crippen LogP contribution in [-0.2, 0) is 9.53 Å². The highest BCUT2D eigenvalue weighted by atomic mass is 16.5. The van der Waals surface area contributed by atoms with E-state index in [2.05, 4.69) is 16.7 Å². The van der Waals surface area contributed by atoms with E-state index in [0.29, 0.717) is 29.7 Å². The molecular weight excluding hydrogens is 356 g/mol. The minimum Gasteiger partial charge on any atom is -0.452 e. The van der Waals surface area contributed by atoms with Crippen molar-refractivity contribution in [1.29, 1.82) is 0 Å². The molecular formula is C21H30N4O3. The van der Waals surface area contributed by atoms with E-state index in [-0.39, 0.29) is 24.5 Å². The van der Waals surface area contributed by atoms with Crippen LogP contribution in [0.5, 0.6) is 0 Å². The van der Waals surface area contributed by atoms with Crippen LogP contribution in [0.3, 0.4) is 0 Å². The van der Waals surface area contributed by atoms with Crippen LogP contribution in [0.2, 0.25) is 0 Å². The maximum absolute atomic E-state index is 12.8. The van der Waals surface area contributed by atoms with Crippen molar-refractivity contribution in [3.05, 3.63) is 35.7 Å². The average Bonchev–Trinajstić information content (AvgIpc) is 3.06. The van der Waals surface area contributed by atoms with Gasteiger partial charge in [-0.1, -0.05) is 26.0 Å². The fourth-order valence-electron chi connectivity index (χ4n) is 2.88. The summed E-state index contributed by atoms with van der Waals surface area (Å²) < 4.78 is 7.13. The SMILES string of the molecule is C=C(C)CN(CC)C(=O)COC(=O)c1cc(C(C)C)nc2c1cnn2C(C)C. The third-order valence-electron chi connectivity index (χ3n) is 4.41. The molecule has 0 aliphatic rings. The number of esters is 1. The van der Waals surface area contributed by atoms with Crippen molar-refractivity contribution in [2.45, 2.75) is 53.5 Å². The molecule has 152 valence electrons. The molecule has 0 atom stereocenters. The Morgan fingerprint density at radius 1 is 1.29 bits per heavy atom. The molecule has 0 N–H and O–H groups in total. The van der Waals surface area contributed by atoms with E-state index in [1.807, 2.05) is 41.5 Å². The van der Waals surface area contributed by atoms with Crippen LogP contribution in [0, 0.1) is 0 Å². The molecule has 0 aliphatic carbocycles. The highest BCUT2D eigenvalue weighted by molar-refractivity contribution is 6.03. The minimum atomic E-state index is -0.544. The van der Waals surface area contributed by atoms with Crippen LogP contribution >= 0.6 is 0 Å². The van der Waals surface area contributed by atoms with Crippen LogP contribution < -0.4 is 0 Å². The van der Waals surface area contributed by atoms with E-state index in [1.54, 1.807) is 21.8 Å². The van der Waals surface area contributed by atoms with Gasteiger partial charge in [-0.15, -0.1) is 0 Å². The fourth-order valence-corrected chi connectivity index (χ4v) is 2.88. The summed E-state index contributed by atoms with van der Waals surface area (Å²) in [5.74, 6) is -0.650. The third-order valence-corrected chi connectivity index (χ3v) is 4.41. The van der Waals surface area contributed by atoms with Crippen LogP contribution in [0.15, 0.2) is 24.4 Å². The first-order valence-electron chi connectivity index (χ1n) is 9.63. The predicted octanol–water partition coefficient (Wildman–Crippen LogP) is 3.72. The van der Waals surface area contributed by atoms with Gasteiger partial charge >= 0.3 is 5.97 Å². The van der Waals surface area contributed by atoms with Gasteiger partial charge in [0.25, 0.3) is 5.91 Å². The Labute approximate surface area is 166 Å². The zero-order valence-corrected chi connectivity index (χ0v) is 17.7. The number of nitrogens with zero attached hydrogens (tertiary/aromatic N) is 4. The fraction of sp³-hybridized carbons (Fsp3) is 0.524. The Bertz CT molecular complexity index is 883. The van der Waals surface area contributed by atoms with E-state index in [9.17, 15) is 9.59 Å². The van der Waals surface area contributed by atoms with Gasteiger partial charge in [-0.3, -0.25) is 4.79 Å². The number of likely N-dealkylation sites (N-methyl/N-ethyl adjacent to an activating group) is 1. The molecule has 7 nitrogen and oxygen atoms in total. The maximum Gasteiger partial charge on any atom is 0.339 e. The average molecular weight is 386 g/mol. The lowest BCUT2D eigenvalue weighted by molar-refractivity contribution is -0.133. The molecule has 0 bridgehead atoms. The van der Waals surface area contributed by atoms with Crippen molar-refractivity contribution in [1.82, 2.24) is 19.7 Å². The summed E-state index contributed by atoms with van der Waals surface area (Å²) in [6, 6.07) is 1.84. The summed E-state index contributed by atoms with van der Waals surface area (Å²) in [6.45, 7) is 16.3. The molecule has 0 saturated heterocycles. The molecule has 0 saturated carbocycles. The van der Waals surface area contributed by atoms with E-state index < -0.39 is 5.97 Å². The van der Waals surface area contributed by atoms with Crippen molar-refractivity contribution in [2.24, 2.45) is 0 Å². The van der Waals surface area contributed by atoms with Crippen molar-refractivity contribution in [3.8, 4) is 0 Å². The van der Waals surface area contributed by atoms with E-state index >= 15 is 0 Å². The molecule has 0 aliphatic heterocycles. The third kappa shape index (κ3) is 4.77. The molecule has 0 spiro atoms. The van der Waals surface area contributed by atoms with Gasteiger partial charge < -0.3 is 9.64 Å². The summed E-state index contributed by atoms with van der Waals surface area (Å²) in [6.07, 6.45) is 1.63. The van der Waals surface area contributed by atoms with Crippen LogP contribution in [0.1, 0.15) is 69.6 Å². The van der Waals surface area contributed by atoms with Crippen molar-refractivity contribution in [3.63, 3.8) is 0 Å². The zero-order valence-electron chi connectivity index (χ0n) is 17.7. The first-order chi connectivity index (χ1) is 13.1. The molecule has 2 heterocycles. The molecule has 2 aromatic heterocycles. The number of carbonyl (C=O) groups excluding carboxylic acids is 2. The number of rotatable bonds is 8. The van der Waals surface area contributed by atoms with Crippen molar-refractivity contribution < 1.29 is 14.3 Å². The van der Waals surface area contributed by atoms with E-state index in [1.165, 1.54) is 0 Å². The Hall–Kier alpha value is -2.70. The first-order valence-corrected chi connectivity index (χ1v) is 9.63. The number of carbonyl (C=O) groups is 2. The number of fused-ring (bicyclic) bond motifs is 1. The predicted molar refractivity (Wildman–Crippen MR) is 109 cm³/mol. The number of pyridine rings is 1. The van der Waals surface area contributed by atoms with Gasteiger partial charge in [0, 0.05) is 24.8 Å². The summed E-state index contributed by atoms with van der Waals surface area (Å²) in [4.78, 5) is 31.4. The van der Waals surface area contributed by atoms with Crippen LogP contribution in [0.4, 0.5) is 0 Å². The molecule has 0 unspecified atom stereocenters. The number of aromatic nitrogens is 3.